The molecule has 5 heteroatoms. The van der Waals surface area contributed by atoms with Crippen molar-refractivity contribution >= 4 is 23.8 Å². The van der Waals surface area contributed by atoms with Crippen molar-refractivity contribution < 1.29 is 19.1 Å². The zero-order valence-corrected chi connectivity index (χ0v) is 12.7. The van der Waals surface area contributed by atoms with Gasteiger partial charge in [0.15, 0.2) is 0 Å². The van der Waals surface area contributed by atoms with Gasteiger partial charge < -0.3 is 9.47 Å². The standard InChI is InChI=1S/C18H17NO4/c1-2-22-18(21)19-15-9-6-10-16(13-15)23-17(20)12-11-14-7-4-3-5-8-14/h3-13H,2H2,1H3,(H,19,21)/b12-11+. The molecule has 0 unspecified atom stereocenters. The van der Waals surface area contributed by atoms with Gasteiger partial charge in [-0.15, -0.1) is 0 Å². The highest BCUT2D eigenvalue weighted by molar-refractivity contribution is 5.89. The molecule has 2 rings (SSSR count). The molecule has 118 valence electrons. The van der Waals surface area contributed by atoms with Crippen LogP contribution in [0.2, 0.25) is 0 Å². The molecule has 0 saturated carbocycles. The molecule has 0 aliphatic carbocycles. The van der Waals surface area contributed by atoms with E-state index in [1.165, 1.54) is 6.08 Å². The third-order valence-electron chi connectivity index (χ3n) is 2.79. The summed E-state index contributed by atoms with van der Waals surface area (Å²) in [5, 5.41) is 2.54. The van der Waals surface area contributed by atoms with Crippen LogP contribution in [0.3, 0.4) is 0 Å². The van der Waals surface area contributed by atoms with E-state index in [0.29, 0.717) is 11.4 Å². The number of esters is 1. The second-order valence-corrected chi connectivity index (χ2v) is 4.54. The number of amides is 1. The zero-order valence-electron chi connectivity index (χ0n) is 12.7. The maximum atomic E-state index is 11.8. The molecule has 23 heavy (non-hydrogen) atoms. The Labute approximate surface area is 134 Å². The van der Waals surface area contributed by atoms with E-state index >= 15 is 0 Å². The van der Waals surface area contributed by atoms with Crippen molar-refractivity contribution in [1.29, 1.82) is 0 Å². The van der Waals surface area contributed by atoms with Crippen LogP contribution in [0.5, 0.6) is 5.75 Å². The van der Waals surface area contributed by atoms with Gasteiger partial charge in [-0.2, -0.15) is 0 Å². The van der Waals surface area contributed by atoms with Gasteiger partial charge in [0.1, 0.15) is 5.75 Å². The Hall–Kier alpha value is -3.08. The van der Waals surface area contributed by atoms with Crippen molar-refractivity contribution in [1.82, 2.24) is 0 Å². The molecular weight excluding hydrogens is 294 g/mol. The van der Waals surface area contributed by atoms with E-state index < -0.39 is 12.1 Å². The summed E-state index contributed by atoms with van der Waals surface area (Å²) >= 11 is 0. The van der Waals surface area contributed by atoms with Crippen molar-refractivity contribution in [3.05, 3.63) is 66.2 Å². The predicted octanol–water partition coefficient (Wildman–Crippen LogP) is 3.87. The molecular formula is C18H17NO4. The van der Waals surface area contributed by atoms with Gasteiger partial charge in [0.2, 0.25) is 0 Å². The maximum Gasteiger partial charge on any atom is 0.411 e. The van der Waals surface area contributed by atoms with Gasteiger partial charge >= 0.3 is 12.1 Å². The van der Waals surface area contributed by atoms with Crippen molar-refractivity contribution in [3.8, 4) is 5.75 Å². The lowest BCUT2D eigenvalue weighted by Crippen LogP contribution is -2.13. The Morgan fingerprint density at radius 2 is 1.87 bits per heavy atom. The summed E-state index contributed by atoms with van der Waals surface area (Å²) in [6.07, 6.45) is 2.46. The highest BCUT2D eigenvalue weighted by Crippen LogP contribution is 2.18. The van der Waals surface area contributed by atoms with Crippen LogP contribution in [0.4, 0.5) is 10.5 Å². The lowest BCUT2D eigenvalue weighted by atomic mass is 10.2. The van der Waals surface area contributed by atoms with Crippen molar-refractivity contribution in [2.45, 2.75) is 6.92 Å². The Morgan fingerprint density at radius 1 is 1.09 bits per heavy atom. The first-order chi connectivity index (χ1) is 11.2. The summed E-state index contributed by atoms with van der Waals surface area (Å²) in [6, 6.07) is 16.0. The number of benzene rings is 2. The third kappa shape index (κ3) is 5.67. The first kappa shape index (κ1) is 16.3. The summed E-state index contributed by atoms with van der Waals surface area (Å²) in [5.41, 5.74) is 1.39. The second kappa shape index (κ2) is 8.38. The Morgan fingerprint density at radius 3 is 2.61 bits per heavy atom. The smallest absolute Gasteiger partial charge is 0.411 e. The van der Waals surface area contributed by atoms with E-state index in [9.17, 15) is 9.59 Å². The summed E-state index contributed by atoms with van der Waals surface area (Å²) in [5.74, 6) is -0.163. The minimum absolute atomic E-state index is 0.283. The molecule has 0 atom stereocenters. The molecule has 5 nitrogen and oxygen atoms in total. The minimum atomic E-state index is -0.556. The van der Waals surface area contributed by atoms with Gasteiger partial charge in [-0.1, -0.05) is 36.4 Å². The SMILES string of the molecule is CCOC(=O)Nc1cccc(OC(=O)/C=C/c2ccccc2)c1. The summed E-state index contributed by atoms with van der Waals surface area (Å²) in [4.78, 5) is 23.2. The number of ether oxygens (including phenoxy) is 2. The molecule has 0 fully saturated rings. The fraction of sp³-hybridized carbons (Fsp3) is 0.111. The molecule has 0 aliphatic heterocycles. The minimum Gasteiger partial charge on any atom is -0.450 e. The number of hydrogen-bond acceptors (Lipinski definition) is 4. The maximum absolute atomic E-state index is 11.8. The summed E-state index contributed by atoms with van der Waals surface area (Å²) in [6.45, 7) is 2.00. The molecule has 0 radical (unpaired) electrons. The topological polar surface area (TPSA) is 64.6 Å². The van der Waals surface area contributed by atoms with Crippen LogP contribution in [0, 0.1) is 0 Å². The van der Waals surface area contributed by atoms with E-state index in [-0.39, 0.29) is 6.61 Å². The lowest BCUT2D eigenvalue weighted by molar-refractivity contribution is -0.128. The molecule has 1 amide bonds. The average Bonchev–Trinajstić information content (AvgIpc) is 2.54. The number of carbonyl (C=O) groups is 2. The fourth-order valence-corrected chi connectivity index (χ4v) is 1.80. The Balaban J connectivity index is 1.95. The van der Waals surface area contributed by atoms with Gasteiger partial charge in [-0.05, 0) is 30.7 Å². The highest BCUT2D eigenvalue weighted by Gasteiger charge is 2.05. The summed E-state index contributed by atoms with van der Waals surface area (Å²) < 4.78 is 9.99. The van der Waals surface area contributed by atoms with Crippen LogP contribution in [0.15, 0.2) is 60.7 Å². The number of hydrogen-bond donors (Lipinski definition) is 1. The normalized spacial score (nSPS) is 10.3. The van der Waals surface area contributed by atoms with E-state index in [1.54, 1.807) is 37.3 Å². The summed E-state index contributed by atoms with van der Waals surface area (Å²) in [7, 11) is 0. The van der Waals surface area contributed by atoms with E-state index in [4.69, 9.17) is 9.47 Å². The van der Waals surface area contributed by atoms with Gasteiger partial charge in [0.25, 0.3) is 0 Å². The van der Waals surface area contributed by atoms with Crippen LogP contribution in [0.1, 0.15) is 12.5 Å². The molecule has 0 aliphatic rings. The molecule has 0 spiro atoms. The zero-order chi connectivity index (χ0) is 16.5. The van der Waals surface area contributed by atoms with Gasteiger partial charge in [0.05, 0.1) is 6.61 Å². The van der Waals surface area contributed by atoms with Crippen LogP contribution < -0.4 is 10.1 Å². The largest absolute Gasteiger partial charge is 0.450 e. The first-order valence-corrected chi connectivity index (χ1v) is 7.16. The third-order valence-corrected chi connectivity index (χ3v) is 2.79. The van der Waals surface area contributed by atoms with Crippen LogP contribution in [-0.4, -0.2) is 18.7 Å². The van der Waals surface area contributed by atoms with E-state index in [1.807, 2.05) is 30.3 Å². The second-order valence-electron chi connectivity index (χ2n) is 4.54. The first-order valence-electron chi connectivity index (χ1n) is 7.16. The lowest BCUT2D eigenvalue weighted by Gasteiger charge is -2.07. The fourth-order valence-electron chi connectivity index (χ4n) is 1.80. The molecule has 0 heterocycles. The molecule has 1 N–H and O–H groups in total. The Kier molecular flexibility index (Phi) is 5.94. The molecule has 0 aromatic heterocycles. The van der Waals surface area contributed by atoms with Crippen molar-refractivity contribution in [3.63, 3.8) is 0 Å². The number of rotatable bonds is 5. The number of carbonyl (C=O) groups excluding carboxylic acids is 2. The number of nitrogens with one attached hydrogen (secondary N) is 1. The molecule has 2 aromatic rings. The molecule has 0 bridgehead atoms. The van der Waals surface area contributed by atoms with Crippen LogP contribution in [0.25, 0.3) is 6.08 Å². The van der Waals surface area contributed by atoms with Gasteiger partial charge in [-0.3, -0.25) is 5.32 Å². The van der Waals surface area contributed by atoms with Crippen LogP contribution in [-0.2, 0) is 9.53 Å². The average molecular weight is 311 g/mol. The quantitative estimate of drug-likeness (QED) is 0.517. The van der Waals surface area contributed by atoms with Crippen molar-refractivity contribution in [2.24, 2.45) is 0 Å². The van der Waals surface area contributed by atoms with E-state index in [2.05, 4.69) is 5.32 Å². The molecule has 2 aromatic carbocycles. The highest BCUT2D eigenvalue weighted by atomic mass is 16.5. The molecule has 0 saturated heterocycles. The Bertz CT molecular complexity index is 695. The van der Waals surface area contributed by atoms with Crippen LogP contribution >= 0.6 is 0 Å². The van der Waals surface area contributed by atoms with Crippen molar-refractivity contribution in [2.75, 3.05) is 11.9 Å². The van der Waals surface area contributed by atoms with E-state index in [0.717, 1.165) is 5.56 Å². The van der Waals surface area contributed by atoms with Gasteiger partial charge in [-0.25, -0.2) is 9.59 Å². The predicted molar refractivity (Wildman–Crippen MR) is 88.2 cm³/mol. The monoisotopic (exact) mass is 311 g/mol. The number of anilines is 1. The van der Waals surface area contributed by atoms with Gasteiger partial charge in [0, 0.05) is 17.8 Å².